The van der Waals surface area contributed by atoms with Crippen molar-refractivity contribution in [1.29, 1.82) is 0 Å². The summed E-state index contributed by atoms with van der Waals surface area (Å²) in [7, 11) is 0. The van der Waals surface area contributed by atoms with Gasteiger partial charge in [0.1, 0.15) is 6.10 Å². The van der Waals surface area contributed by atoms with Gasteiger partial charge < -0.3 is 26.6 Å². The largest absolute Gasteiger partial charge is 0.393 e. The molecule has 1 unspecified atom stereocenters. The maximum atomic E-state index is 12.8. The zero-order valence-electron chi connectivity index (χ0n) is 18.3. The molecule has 0 saturated carbocycles. The summed E-state index contributed by atoms with van der Waals surface area (Å²) in [6.07, 6.45) is -1.90. The van der Waals surface area contributed by atoms with Crippen LogP contribution in [0.15, 0.2) is 24.3 Å². The first-order valence-electron chi connectivity index (χ1n) is 10.4. The number of halogens is 1. The molecule has 9 heteroatoms. The Morgan fingerprint density at radius 1 is 1.13 bits per heavy atom. The van der Waals surface area contributed by atoms with Gasteiger partial charge in [-0.1, -0.05) is 37.6 Å². The molecule has 0 saturated heterocycles. The van der Waals surface area contributed by atoms with E-state index in [1.54, 1.807) is 38.1 Å². The first kappa shape index (κ1) is 27.2. The maximum Gasteiger partial charge on any atom is 0.226 e. The Hall–Kier alpha value is -1.84. The van der Waals surface area contributed by atoms with Gasteiger partial charge >= 0.3 is 0 Å². The number of aliphatic hydroxyl groups is 1. The first-order chi connectivity index (χ1) is 14.6. The predicted octanol–water partition coefficient (Wildman–Crippen LogP) is 1.20. The summed E-state index contributed by atoms with van der Waals surface area (Å²) in [5.41, 5.74) is 12.1. The number of ketones is 2. The summed E-state index contributed by atoms with van der Waals surface area (Å²) in [6.45, 7) is 5.18. The number of amides is 1. The highest BCUT2D eigenvalue weighted by Crippen LogP contribution is 2.17. The van der Waals surface area contributed by atoms with Crippen molar-refractivity contribution in [2.45, 2.75) is 58.5 Å². The monoisotopic (exact) mass is 455 g/mol. The predicted molar refractivity (Wildman–Crippen MR) is 119 cm³/mol. The molecule has 8 nitrogen and oxygen atoms in total. The number of hydrogen-bond donors (Lipinski definition) is 4. The van der Waals surface area contributed by atoms with Crippen LogP contribution < -0.4 is 16.8 Å². The van der Waals surface area contributed by atoms with Crippen LogP contribution >= 0.6 is 11.6 Å². The van der Waals surface area contributed by atoms with Gasteiger partial charge in [0.2, 0.25) is 5.91 Å². The van der Waals surface area contributed by atoms with Crippen molar-refractivity contribution in [3.8, 4) is 0 Å². The van der Waals surface area contributed by atoms with E-state index in [0.717, 1.165) is 5.56 Å². The lowest BCUT2D eigenvalue weighted by Crippen LogP contribution is -2.51. The Labute approximate surface area is 188 Å². The fourth-order valence-corrected chi connectivity index (χ4v) is 3.15. The van der Waals surface area contributed by atoms with Crippen LogP contribution in [0, 0.1) is 11.8 Å². The van der Waals surface area contributed by atoms with Crippen LogP contribution in [0.4, 0.5) is 0 Å². The van der Waals surface area contributed by atoms with E-state index in [-0.39, 0.29) is 50.0 Å². The van der Waals surface area contributed by atoms with Gasteiger partial charge in [0.05, 0.1) is 24.7 Å². The number of benzene rings is 1. The van der Waals surface area contributed by atoms with Crippen molar-refractivity contribution >= 4 is 29.1 Å². The number of carbonyl (C=O) groups excluding carboxylic acids is 3. The molecule has 0 spiro atoms. The fourth-order valence-electron chi connectivity index (χ4n) is 3.02. The third kappa shape index (κ3) is 9.04. The van der Waals surface area contributed by atoms with Gasteiger partial charge in [-0.2, -0.15) is 0 Å². The lowest BCUT2D eigenvalue weighted by atomic mass is 9.92. The van der Waals surface area contributed by atoms with Gasteiger partial charge in [0.15, 0.2) is 11.6 Å². The molecule has 0 fully saturated rings. The van der Waals surface area contributed by atoms with Crippen LogP contribution in [0.1, 0.15) is 39.2 Å². The molecule has 1 aromatic carbocycles. The summed E-state index contributed by atoms with van der Waals surface area (Å²) in [6, 6.07) is 6.15. The molecule has 0 aliphatic rings. The summed E-state index contributed by atoms with van der Waals surface area (Å²) in [4.78, 5) is 37.7. The Balaban J connectivity index is 2.82. The third-order valence-corrected chi connectivity index (χ3v) is 5.21. The smallest absolute Gasteiger partial charge is 0.226 e. The quantitative estimate of drug-likeness (QED) is 0.329. The van der Waals surface area contributed by atoms with E-state index in [4.69, 9.17) is 27.8 Å². The molecule has 1 amide bonds. The number of ether oxygens (including phenoxy) is 1. The molecular weight excluding hydrogens is 422 g/mol. The summed E-state index contributed by atoms with van der Waals surface area (Å²) in [5, 5.41) is 13.3. The zero-order chi connectivity index (χ0) is 23.6. The molecule has 0 aliphatic heterocycles. The summed E-state index contributed by atoms with van der Waals surface area (Å²) < 4.78 is 5.74. The Morgan fingerprint density at radius 2 is 1.74 bits per heavy atom. The van der Waals surface area contributed by atoms with E-state index in [1.807, 2.05) is 0 Å². The van der Waals surface area contributed by atoms with Crippen molar-refractivity contribution in [2.75, 3.05) is 13.1 Å². The second-order valence-corrected chi connectivity index (χ2v) is 8.31. The number of hydrogen-bond acceptors (Lipinski definition) is 7. The second kappa shape index (κ2) is 13.5. The Bertz CT molecular complexity index is 724. The molecular formula is C22H34ClN3O5. The van der Waals surface area contributed by atoms with Crippen LogP contribution in [0.2, 0.25) is 5.02 Å². The Morgan fingerprint density at radius 3 is 2.23 bits per heavy atom. The van der Waals surface area contributed by atoms with E-state index >= 15 is 0 Å². The standard InChI is InChI=1S/C22H34ClN3O5/c1-13(2)21(29)18(11-25)26-22(30)17(14(3)27)10-19(28)20(8-9-24)31-12-15-4-6-16(23)7-5-15/h4-7,13-14,17-18,20,27H,8-12,24-25H2,1-3H3,(H,26,30)/t14?,17-,18-,20-/m0/s1. The summed E-state index contributed by atoms with van der Waals surface area (Å²) >= 11 is 5.87. The molecule has 1 rings (SSSR count). The normalized spacial score (nSPS) is 15.2. The van der Waals surface area contributed by atoms with E-state index in [2.05, 4.69) is 5.32 Å². The molecule has 174 valence electrons. The highest BCUT2D eigenvalue weighted by Gasteiger charge is 2.32. The van der Waals surface area contributed by atoms with E-state index in [9.17, 15) is 19.5 Å². The minimum atomic E-state index is -1.11. The minimum absolute atomic E-state index is 0.0662. The molecule has 0 aromatic heterocycles. The van der Waals surface area contributed by atoms with Crippen LogP contribution in [0.5, 0.6) is 0 Å². The Kier molecular flexibility index (Phi) is 11.9. The van der Waals surface area contributed by atoms with Crippen molar-refractivity contribution in [3.63, 3.8) is 0 Å². The average Bonchev–Trinajstić information content (AvgIpc) is 2.73. The third-order valence-electron chi connectivity index (χ3n) is 4.96. The van der Waals surface area contributed by atoms with Crippen LogP contribution in [-0.4, -0.2) is 53.9 Å². The number of nitrogens with two attached hydrogens (primary N) is 2. The van der Waals surface area contributed by atoms with Gasteiger partial charge in [0.25, 0.3) is 0 Å². The molecule has 4 atom stereocenters. The topological polar surface area (TPSA) is 145 Å². The summed E-state index contributed by atoms with van der Waals surface area (Å²) in [5.74, 6) is -2.51. The lowest BCUT2D eigenvalue weighted by Gasteiger charge is -2.25. The van der Waals surface area contributed by atoms with Gasteiger partial charge in [-0.15, -0.1) is 0 Å². The van der Waals surface area contributed by atoms with Gasteiger partial charge in [-0.25, -0.2) is 0 Å². The molecule has 0 heterocycles. The van der Waals surface area contributed by atoms with Gasteiger partial charge in [-0.05, 0) is 37.6 Å². The number of nitrogens with one attached hydrogen (secondary N) is 1. The molecule has 6 N–H and O–H groups in total. The molecule has 0 radical (unpaired) electrons. The van der Waals surface area contributed by atoms with Gasteiger partial charge in [-0.3, -0.25) is 14.4 Å². The SMILES string of the molecule is CC(C)C(=O)[C@H](CN)NC(=O)[C@@H](CC(=O)[C@H](CCN)OCc1ccc(Cl)cc1)C(C)O. The highest BCUT2D eigenvalue weighted by atomic mass is 35.5. The number of carbonyl (C=O) groups is 3. The maximum absolute atomic E-state index is 12.8. The van der Waals surface area contributed by atoms with Crippen molar-refractivity contribution < 1.29 is 24.2 Å². The fraction of sp³-hybridized carbons (Fsp3) is 0.591. The first-order valence-corrected chi connectivity index (χ1v) is 10.8. The van der Waals surface area contributed by atoms with E-state index < -0.39 is 30.1 Å². The average molecular weight is 456 g/mol. The minimum Gasteiger partial charge on any atom is -0.393 e. The van der Waals surface area contributed by atoms with E-state index in [1.165, 1.54) is 6.92 Å². The number of aliphatic hydroxyl groups excluding tert-OH is 1. The molecule has 0 aliphatic carbocycles. The van der Waals surface area contributed by atoms with Crippen molar-refractivity contribution in [3.05, 3.63) is 34.9 Å². The lowest BCUT2D eigenvalue weighted by molar-refractivity contribution is -0.140. The number of rotatable bonds is 14. The van der Waals surface area contributed by atoms with Gasteiger partial charge in [0, 0.05) is 23.9 Å². The van der Waals surface area contributed by atoms with Crippen molar-refractivity contribution in [2.24, 2.45) is 23.3 Å². The van der Waals surface area contributed by atoms with Crippen LogP contribution in [0.3, 0.4) is 0 Å². The zero-order valence-corrected chi connectivity index (χ0v) is 19.1. The van der Waals surface area contributed by atoms with E-state index in [0.29, 0.717) is 5.02 Å². The van der Waals surface area contributed by atoms with Crippen LogP contribution in [-0.2, 0) is 25.7 Å². The molecule has 31 heavy (non-hydrogen) atoms. The second-order valence-electron chi connectivity index (χ2n) is 7.87. The number of Topliss-reactive ketones (excluding diaryl/α,β-unsaturated/α-hetero) is 2. The van der Waals surface area contributed by atoms with Crippen LogP contribution in [0.25, 0.3) is 0 Å². The molecule has 0 bridgehead atoms. The van der Waals surface area contributed by atoms with Crippen molar-refractivity contribution in [1.82, 2.24) is 5.32 Å². The highest BCUT2D eigenvalue weighted by molar-refractivity contribution is 6.30. The molecule has 1 aromatic rings.